The zero-order valence-corrected chi connectivity index (χ0v) is 10.7. The summed E-state index contributed by atoms with van der Waals surface area (Å²) in [4.78, 5) is 32.6. The summed E-state index contributed by atoms with van der Waals surface area (Å²) in [5, 5.41) is 13.5. The summed E-state index contributed by atoms with van der Waals surface area (Å²) in [6.07, 6.45) is 0.606. The van der Waals surface area contributed by atoms with Gasteiger partial charge in [0.1, 0.15) is 0 Å². The molecule has 7 heteroatoms. The number of nitrogens with one attached hydrogen (secondary N) is 2. The molecule has 2 amide bonds. The van der Waals surface area contributed by atoms with E-state index in [0.717, 1.165) is 0 Å². The van der Waals surface area contributed by atoms with Gasteiger partial charge in [0.05, 0.1) is 13.0 Å². The van der Waals surface area contributed by atoms with Crippen molar-refractivity contribution in [3.63, 3.8) is 0 Å². The number of rotatable bonds is 8. The lowest BCUT2D eigenvalue weighted by Crippen LogP contribution is -2.42. The van der Waals surface area contributed by atoms with Crippen LogP contribution < -0.4 is 10.6 Å². The fourth-order valence-electron chi connectivity index (χ4n) is 1.26. The third-order valence-electron chi connectivity index (χ3n) is 2.01. The van der Waals surface area contributed by atoms with Gasteiger partial charge >= 0.3 is 18.0 Å². The highest BCUT2D eigenvalue weighted by molar-refractivity contribution is 5.75. The minimum atomic E-state index is -0.967. The Morgan fingerprint density at radius 2 is 2.00 bits per heavy atom. The van der Waals surface area contributed by atoms with Crippen molar-refractivity contribution in [2.45, 2.75) is 39.2 Å². The van der Waals surface area contributed by atoms with Gasteiger partial charge in [0.15, 0.2) is 0 Å². The Balaban J connectivity index is 3.59. The standard InChI is InChI=1S/C11H20N2O5/c1-3-18-10(16)5-4-6-12-11(17)13-8(2)7-9(14)15/h8H,3-7H2,1-2H3,(H,14,15)(H2,12,13,17). The van der Waals surface area contributed by atoms with Gasteiger partial charge in [-0.2, -0.15) is 0 Å². The van der Waals surface area contributed by atoms with E-state index in [1.807, 2.05) is 0 Å². The van der Waals surface area contributed by atoms with Gasteiger partial charge < -0.3 is 20.5 Å². The van der Waals surface area contributed by atoms with Crippen molar-refractivity contribution >= 4 is 18.0 Å². The maximum atomic E-state index is 11.3. The molecule has 0 saturated heterocycles. The number of carbonyl (C=O) groups is 3. The molecular weight excluding hydrogens is 240 g/mol. The number of amides is 2. The van der Waals surface area contributed by atoms with Crippen LogP contribution >= 0.6 is 0 Å². The number of hydrogen-bond acceptors (Lipinski definition) is 4. The molecule has 7 nitrogen and oxygen atoms in total. The number of carboxylic acid groups (broad SMARTS) is 1. The first-order valence-electron chi connectivity index (χ1n) is 5.87. The molecule has 0 fully saturated rings. The summed E-state index contributed by atoms with van der Waals surface area (Å²) < 4.78 is 4.72. The van der Waals surface area contributed by atoms with Gasteiger partial charge in [0.2, 0.25) is 0 Å². The van der Waals surface area contributed by atoms with Crippen LogP contribution in [0.25, 0.3) is 0 Å². The first-order chi connectivity index (χ1) is 8.45. The number of carboxylic acids is 1. The Morgan fingerprint density at radius 1 is 1.33 bits per heavy atom. The zero-order valence-electron chi connectivity index (χ0n) is 10.7. The Kier molecular flexibility index (Phi) is 8.34. The van der Waals surface area contributed by atoms with Crippen LogP contribution in [0.2, 0.25) is 0 Å². The Morgan fingerprint density at radius 3 is 2.56 bits per heavy atom. The lowest BCUT2D eigenvalue weighted by atomic mass is 10.2. The van der Waals surface area contributed by atoms with Gasteiger partial charge in [-0.15, -0.1) is 0 Å². The maximum Gasteiger partial charge on any atom is 0.315 e. The van der Waals surface area contributed by atoms with Crippen LogP contribution in [0.5, 0.6) is 0 Å². The van der Waals surface area contributed by atoms with Gasteiger partial charge in [-0.05, 0) is 20.3 Å². The van der Waals surface area contributed by atoms with E-state index >= 15 is 0 Å². The molecule has 18 heavy (non-hydrogen) atoms. The molecule has 0 spiro atoms. The van der Waals surface area contributed by atoms with E-state index in [2.05, 4.69) is 10.6 Å². The molecule has 1 unspecified atom stereocenters. The Bertz CT molecular complexity index is 293. The molecule has 1 atom stereocenters. The van der Waals surface area contributed by atoms with Crippen molar-refractivity contribution < 1.29 is 24.2 Å². The third kappa shape index (κ3) is 9.44. The molecule has 0 heterocycles. The average Bonchev–Trinajstić information content (AvgIpc) is 2.23. The van der Waals surface area contributed by atoms with Crippen LogP contribution in [-0.4, -0.2) is 42.3 Å². The van der Waals surface area contributed by atoms with E-state index in [9.17, 15) is 14.4 Å². The summed E-state index contributed by atoms with van der Waals surface area (Å²) in [5.41, 5.74) is 0. The molecule has 0 saturated carbocycles. The molecule has 0 aliphatic carbocycles. The molecule has 104 valence electrons. The molecule has 0 aliphatic rings. The third-order valence-corrected chi connectivity index (χ3v) is 2.01. The molecule has 0 aromatic heterocycles. The van der Waals surface area contributed by atoms with Crippen LogP contribution in [0, 0.1) is 0 Å². The fourth-order valence-corrected chi connectivity index (χ4v) is 1.26. The molecule has 0 bridgehead atoms. The van der Waals surface area contributed by atoms with Gasteiger partial charge in [-0.3, -0.25) is 9.59 Å². The minimum Gasteiger partial charge on any atom is -0.481 e. The van der Waals surface area contributed by atoms with Crippen LogP contribution in [0.1, 0.15) is 33.1 Å². The van der Waals surface area contributed by atoms with Crippen LogP contribution in [0.15, 0.2) is 0 Å². The second-order valence-electron chi connectivity index (χ2n) is 3.81. The van der Waals surface area contributed by atoms with Crippen molar-refractivity contribution in [3.8, 4) is 0 Å². The number of aliphatic carboxylic acids is 1. The summed E-state index contributed by atoms with van der Waals surface area (Å²) in [7, 11) is 0. The first-order valence-corrected chi connectivity index (χ1v) is 5.87. The molecular formula is C11H20N2O5. The summed E-state index contributed by atoms with van der Waals surface area (Å²) in [6.45, 7) is 4.02. The normalized spacial score (nSPS) is 11.4. The smallest absolute Gasteiger partial charge is 0.315 e. The molecule has 0 aromatic carbocycles. The highest BCUT2D eigenvalue weighted by Gasteiger charge is 2.10. The monoisotopic (exact) mass is 260 g/mol. The lowest BCUT2D eigenvalue weighted by Gasteiger charge is -2.12. The van der Waals surface area contributed by atoms with Gasteiger partial charge in [-0.1, -0.05) is 0 Å². The van der Waals surface area contributed by atoms with Crippen molar-refractivity contribution in [1.82, 2.24) is 10.6 Å². The second-order valence-corrected chi connectivity index (χ2v) is 3.81. The Labute approximate surface area is 106 Å². The van der Waals surface area contributed by atoms with Crippen LogP contribution in [0.4, 0.5) is 4.79 Å². The molecule has 0 rings (SSSR count). The first kappa shape index (κ1) is 16.2. The topological polar surface area (TPSA) is 105 Å². The SMILES string of the molecule is CCOC(=O)CCCNC(=O)NC(C)CC(=O)O. The predicted octanol–water partition coefficient (Wildman–Crippen LogP) is 0.492. The number of esters is 1. The summed E-state index contributed by atoms with van der Waals surface area (Å²) in [6, 6.07) is -0.875. The zero-order chi connectivity index (χ0) is 14.0. The van der Waals surface area contributed by atoms with E-state index in [4.69, 9.17) is 9.84 Å². The number of urea groups is 1. The number of hydrogen-bond donors (Lipinski definition) is 3. The predicted molar refractivity (Wildman–Crippen MR) is 64.1 cm³/mol. The van der Waals surface area contributed by atoms with E-state index in [-0.39, 0.29) is 18.8 Å². The second kappa shape index (κ2) is 9.26. The van der Waals surface area contributed by atoms with Gasteiger partial charge in [0, 0.05) is 19.0 Å². The minimum absolute atomic E-state index is 0.129. The fraction of sp³-hybridized carbons (Fsp3) is 0.727. The lowest BCUT2D eigenvalue weighted by molar-refractivity contribution is -0.143. The Hall–Kier alpha value is -1.79. The molecule has 0 aromatic rings. The van der Waals surface area contributed by atoms with E-state index in [1.54, 1.807) is 13.8 Å². The van der Waals surface area contributed by atoms with Crippen LogP contribution in [0.3, 0.4) is 0 Å². The molecule has 0 radical (unpaired) electrons. The highest BCUT2D eigenvalue weighted by atomic mass is 16.5. The number of ether oxygens (including phenoxy) is 1. The van der Waals surface area contributed by atoms with Crippen LogP contribution in [-0.2, 0) is 14.3 Å². The van der Waals surface area contributed by atoms with Gasteiger partial charge in [0.25, 0.3) is 0 Å². The van der Waals surface area contributed by atoms with Crippen molar-refractivity contribution in [1.29, 1.82) is 0 Å². The van der Waals surface area contributed by atoms with E-state index in [0.29, 0.717) is 19.6 Å². The molecule has 0 aliphatic heterocycles. The van der Waals surface area contributed by atoms with E-state index in [1.165, 1.54) is 0 Å². The molecule has 3 N–H and O–H groups in total. The quantitative estimate of drug-likeness (QED) is 0.435. The van der Waals surface area contributed by atoms with Crippen molar-refractivity contribution in [2.24, 2.45) is 0 Å². The average molecular weight is 260 g/mol. The maximum absolute atomic E-state index is 11.3. The summed E-state index contributed by atoms with van der Waals surface area (Å²) in [5.74, 6) is -1.26. The highest BCUT2D eigenvalue weighted by Crippen LogP contribution is 1.92. The largest absolute Gasteiger partial charge is 0.481 e. The summed E-state index contributed by atoms with van der Waals surface area (Å²) >= 11 is 0. The van der Waals surface area contributed by atoms with Gasteiger partial charge in [-0.25, -0.2) is 4.79 Å². The van der Waals surface area contributed by atoms with Crippen molar-refractivity contribution in [2.75, 3.05) is 13.2 Å². The number of carbonyl (C=O) groups excluding carboxylic acids is 2. The van der Waals surface area contributed by atoms with Crippen molar-refractivity contribution in [3.05, 3.63) is 0 Å². The van der Waals surface area contributed by atoms with E-state index < -0.39 is 18.0 Å².